The molecule has 4 nitrogen and oxygen atoms in total. The summed E-state index contributed by atoms with van der Waals surface area (Å²) in [5.74, 6) is 0.778. The lowest BCUT2D eigenvalue weighted by Gasteiger charge is -2.17. The summed E-state index contributed by atoms with van der Waals surface area (Å²) in [4.78, 5) is 10.2. The molecule has 0 aliphatic rings. The Morgan fingerprint density at radius 1 is 1.23 bits per heavy atom. The topological polar surface area (TPSA) is 58.6 Å². The van der Waals surface area contributed by atoms with Crippen molar-refractivity contribution in [2.75, 3.05) is 13.2 Å². The number of fused-ring (bicyclic) bond motifs is 1. The summed E-state index contributed by atoms with van der Waals surface area (Å²) in [5.41, 5.74) is 0. The zero-order valence-corrected chi connectivity index (χ0v) is 12.8. The molecule has 0 aromatic heterocycles. The first-order chi connectivity index (χ1) is 10.7. The van der Waals surface area contributed by atoms with Crippen LogP contribution >= 0.6 is 0 Å². The molecule has 0 heterocycles. The fourth-order valence-electron chi connectivity index (χ4n) is 2.28. The average molecular weight is 300 g/mol. The molecule has 2 rings (SSSR count). The highest BCUT2D eigenvalue weighted by Gasteiger charge is 2.09. The van der Waals surface area contributed by atoms with Gasteiger partial charge in [0.2, 0.25) is 0 Å². The minimum Gasteiger partial charge on any atom is -0.490 e. The molecule has 0 fully saturated rings. The second-order valence-corrected chi connectivity index (χ2v) is 5.43. The van der Waals surface area contributed by atoms with Gasteiger partial charge in [-0.1, -0.05) is 36.4 Å². The summed E-state index contributed by atoms with van der Waals surface area (Å²) >= 11 is 0. The van der Waals surface area contributed by atoms with Crippen molar-refractivity contribution in [3.05, 3.63) is 42.5 Å². The monoisotopic (exact) mass is 300 g/mol. The molecular formula is C18H22NO3. The molecular weight excluding hydrogens is 278 g/mol. The van der Waals surface area contributed by atoms with E-state index in [4.69, 9.17) is 4.74 Å². The maximum Gasteiger partial charge on any atom is 0.198 e. The molecule has 2 aromatic carbocycles. The van der Waals surface area contributed by atoms with Crippen LogP contribution in [0.15, 0.2) is 42.5 Å². The SMILES string of the molecule is CC(CC[C]=O)NCC(O)COc1cccc2ccccc12. The molecule has 2 unspecified atom stereocenters. The van der Waals surface area contributed by atoms with Crippen LogP contribution in [0.25, 0.3) is 10.8 Å². The Morgan fingerprint density at radius 2 is 2.00 bits per heavy atom. The van der Waals surface area contributed by atoms with E-state index in [0.717, 1.165) is 22.9 Å². The van der Waals surface area contributed by atoms with Crippen molar-refractivity contribution in [1.29, 1.82) is 0 Å². The maximum absolute atomic E-state index is 10.2. The number of carbonyl (C=O) groups excluding carboxylic acids is 1. The molecule has 1 radical (unpaired) electrons. The lowest BCUT2D eigenvalue weighted by molar-refractivity contribution is 0.104. The van der Waals surface area contributed by atoms with Gasteiger partial charge in [-0.25, -0.2) is 0 Å². The molecule has 2 atom stereocenters. The van der Waals surface area contributed by atoms with E-state index >= 15 is 0 Å². The minimum atomic E-state index is -0.596. The van der Waals surface area contributed by atoms with Crippen LogP contribution in [-0.2, 0) is 4.79 Å². The normalized spacial score (nSPS) is 13.7. The van der Waals surface area contributed by atoms with E-state index in [1.165, 1.54) is 0 Å². The lowest BCUT2D eigenvalue weighted by Crippen LogP contribution is -2.36. The predicted molar refractivity (Wildman–Crippen MR) is 87.8 cm³/mol. The standard InChI is InChI=1S/C18H22NO3/c1-14(6-5-11-20)19-12-16(21)13-22-18-10-4-8-15-7-2-3-9-17(15)18/h2-4,7-10,14,16,19,21H,5-6,12-13H2,1H3. The highest BCUT2D eigenvalue weighted by atomic mass is 16.5. The van der Waals surface area contributed by atoms with Crippen molar-refractivity contribution in [2.24, 2.45) is 0 Å². The molecule has 0 spiro atoms. The number of hydrogen-bond donors (Lipinski definition) is 2. The quantitative estimate of drug-likeness (QED) is 0.747. The number of hydrogen-bond acceptors (Lipinski definition) is 4. The molecule has 0 saturated heterocycles. The molecule has 4 heteroatoms. The predicted octanol–water partition coefficient (Wildman–Crippen LogP) is 2.45. The second-order valence-electron chi connectivity index (χ2n) is 5.43. The number of ether oxygens (including phenoxy) is 1. The number of nitrogens with one attached hydrogen (secondary N) is 1. The van der Waals surface area contributed by atoms with E-state index < -0.39 is 6.10 Å². The van der Waals surface area contributed by atoms with Gasteiger partial charge < -0.3 is 15.2 Å². The highest BCUT2D eigenvalue weighted by molar-refractivity contribution is 5.88. The minimum absolute atomic E-state index is 0.175. The van der Waals surface area contributed by atoms with Crippen molar-refractivity contribution in [1.82, 2.24) is 5.32 Å². The number of aliphatic hydroxyl groups excluding tert-OH is 1. The number of benzene rings is 2. The fraction of sp³-hybridized carbons (Fsp3) is 0.389. The van der Waals surface area contributed by atoms with Gasteiger partial charge in [-0.15, -0.1) is 0 Å². The van der Waals surface area contributed by atoms with Crippen LogP contribution in [0.4, 0.5) is 0 Å². The van der Waals surface area contributed by atoms with Gasteiger partial charge in [0.25, 0.3) is 0 Å². The molecule has 0 amide bonds. The summed E-state index contributed by atoms with van der Waals surface area (Å²) in [6.07, 6.45) is 2.41. The molecule has 22 heavy (non-hydrogen) atoms. The molecule has 117 valence electrons. The van der Waals surface area contributed by atoms with E-state index in [-0.39, 0.29) is 12.6 Å². The van der Waals surface area contributed by atoms with Crippen molar-refractivity contribution in [3.8, 4) is 5.75 Å². The van der Waals surface area contributed by atoms with Crippen LogP contribution in [-0.4, -0.2) is 36.7 Å². The third kappa shape index (κ3) is 4.83. The van der Waals surface area contributed by atoms with Gasteiger partial charge in [0.1, 0.15) is 18.5 Å². The summed E-state index contributed by atoms with van der Waals surface area (Å²) in [6, 6.07) is 14.1. The Morgan fingerprint density at radius 3 is 2.82 bits per heavy atom. The first kappa shape index (κ1) is 16.5. The summed E-state index contributed by atoms with van der Waals surface area (Å²) < 4.78 is 5.74. The summed E-state index contributed by atoms with van der Waals surface area (Å²) in [6.45, 7) is 2.65. The van der Waals surface area contributed by atoms with Crippen LogP contribution in [0.1, 0.15) is 19.8 Å². The van der Waals surface area contributed by atoms with Crippen LogP contribution < -0.4 is 10.1 Å². The third-order valence-corrected chi connectivity index (χ3v) is 3.56. The smallest absolute Gasteiger partial charge is 0.198 e. The molecule has 0 bridgehead atoms. The van der Waals surface area contributed by atoms with Crippen LogP contribution in [0.2, 0.25) is 0 Å². The third-order valence-electron chi connectivity index (χ3n) is 3.56. The average Bonchev–Trinajstić information content (AvgIpc) is 2.56. The zero-order chi connectivity index (χ0) is 15.8. The van der Waals surface area contributed by atoms with Gasteiger partial charge in [-0.2, -0.15) is 0 Å². The van der Waals surface area contributed by atoms with E-state index in [1.54, 1.807) is 0 Å². The Kier molecular flexibility index (Phi) is 6.37. The van der Waals surface area contributed by atoms with Crippen LogP contribution in [0.5, 0.6) is 5.75 Å². The molecule has 0 aliphatic carbocycles. The summed E-state index contributed by atoms with van der Waals surface area (Å²) in [7, 11) is 0. The summed E-state index contributed by atoms with van der Waals surface area (Å²) in [5, 5.41) is 15.3. The zero-order valence-electron chi connectivity index (χ0n) is 12.8. The fourth-order valence-corrected chi connectivity index (χ4v) is 2.28. The Balaban J connectivity index is 1.82. The van der Waals surface area contributed by atoms with Gasteiger partial charge in [-0.3, -0.25) is 4.79 Å². The molecule has 2 N–H and O–H groups in total. The Bertz CT molecular complexity index is 594. The maximum atomic E-state index is 10.2. The van der Waals surface area contributed by atoms with Gasteiger partial charge >= 0.3 is 0 Å². The first-order valence-electron chi connectivity index (χ1n) is 7.57. The van der Waals surface area contributed by atoms with E-state index in [1.807, 2.05) is 55.7 Å². The van der Waals surface area contributed by atoms with Crippen molar-refractivity contribution in [2.45, 2.75) is 31.9 Å². The van der Waals surface area contributed by atoms with Crippen molar-refractivity contribution >= 4 is 17.1 Å². The first-order valence-corrected chi connectivity index (χ1v) is 7.57. The Labute approximate surface area is 131 Å². The number of rotatable bonds is 9. The second kappa shape index (κ2) is 8.51. The molecule has 2 aromatic rings. The Hall–Kier alpha value is -1.91. The van der Waals surface area contributed by atoms with Crippen LogP contribution in [0.3, 0.4) is 0 Å². The van der Waals surface area contributed by atoms with Crippen molar-refractivity contribution < 1.29 is 14.6 Å². The molecule has 0 saturated carbocycles. The number of aliphatic hydroxyl groups is 1. The highest BCUT2D eigenvalue weighted by Crippen LogP contribution is 2.25. The van der Waals surface area contributed by atoms with E-state index in [0.29, 0.717) is 13.0 Å². The largest absolute Gasteiger partial charge is 0.490 e. The van der Waals surface area contributed by atoms with E-state index in [2.05, 4.69) is 5.32 Å². The van der Waals surface area contributed by atoms with Crippen molar-refractivity contribution in [3.63, 3.8) is 0 Å². The van der Waals surface area contributed by atoms with Crippen LogP contribution in [0, 0.1) is 0 Å². The molecule has 0 aliphatic heterocycles. The van der Waals surface area contributed by atoms with Gasteiger partial charge in [0, 0.05) is 24.4 Å². The van der Waals surface area contributed by atoms with E-state index in [9.17, 15) is 9.90 Å². The van der Waals surface area contributed by atoms with Gasteiger partial charge in [0.15, 0.2) is 6.29 Å². The lowest BCUT2D eigenvalue weighted by atomic mass is 10.1. The van der Waals surface area contributed by atoms with Gasteiger partial charge in [0.05, 0.1) is 0 Å². The van der Waals surface area contributed by atoms with Gasteiger partial charge in [-0.05, 0) is 24.8 Å².